The zero-order chi connectivity index (χ0) is 9.90. The highest BCUT2D eigenvalue weighted by atomic mass is 16.3. The van der Waals surface area contributed by atoms with Gasteiger partial charge in [0.1, 0.15) is 5.60 Å². The topological polar surface area (TPSA) is 20.2 Å². The van der Waals surface area contributed by atoms with Crippen LogP contribution in [0.2, 0.25) is 0 Å². The molecule has 0 spiro atoms. The van der Waals surface area contributed by atoms with Crippen LogP contribution < -0.4 is 0 Å². The summed E-state index contributed by atoms with van der Waals surface area (Å²) in [6.07, 6.45) is 5.81. The molecule has 0 saturated carbocycles. The van der Waals surface area contributed by atoms with Crippen molar-refractivity contribution in [2.75, 3.05) is 0 Å². The zero-order valence-corrected chi connectivity index (χ0v) is 8.72. The van der Waals surface area contributed by atoms with Gasteiger partial charge < -0.3 is 5.11 Å². The lowest BCUT2D eigenvalue weighted by Gasteiger charge is -2.17. The molecule has 0 aromatic carbocycles. The van der Waals surface area contributed by atoms with Crippen LogP contribution in [0.3, 0.4) is 0 Å². The van der Waals surface area contributed by atoms with Gasteiger partial charge in [0.05, 0.1) is 0 Å². The minimum Gasteiger partial charge on any atom is -0.378 e. The zero-order valence-electron chi connectivity index (χ0n) is 8.72. The largest absolute Gasteiger partial charge is 0.378 e. The molecule has 0 amide bonds. The lowest BCUT2D eigenvalue weighted by atomic mass is 9.89. The molecule has 1 aliphatic rings. The van der Waals surface area contributed by atoms with Gasteiger partial charge in [-0.25, -0.2) is 0 Å². The molecule has 0 radical (unpaired) electrons. The Labute approximate surface area is 80.9 Å². The van der Waals surface area contributed by atoms with E-state index in [1.165, 1.54) is 18.4 Å². The predicted octanol–water partition coefficient (Wildman–Crippen LogP) is 2.51. The molecule has 0 unspecified atom stereocenters. The third-order valence-electron chi connectivity index (χ3n) is 2.27. The third-order valence-corrected chi connectivity index (χ3v) is 2.27. The van der Waals surface area contributed by atoms with Gasteiger partial charge in [0.15, 0.2) is 0 Å². The van der Waals surface area contributed by atoms with Crippen molar-refractivity contribution in [1.82, 2.24) is 0 Å². The maximum Gasteiger partial charge on any atom is 0.119 e. The van der Waals surface area contributed by atoms with Crippen molar-refractivity contribution in [3.05, 3.63) is 11.6 Å². The van der Waals surface area contributed by atoms with E-state index in [0.717, 1.165) is 6.42 Å². The minimum atomic E-state index is -0.849. The molecule has 1 atom stereocenters. The van der Waals surface area contributed by atoms with Gasteiger partial charge in [0.2, 0.25) is 0 Å². The molecule has 1 aliphatic carbocycles. The van der Waals surface area contributed by atoms with Gasteiger partial charge in [0, 0.05) is 5.92 Å². The van der Waals surface area contributed by atoms with Gasteiger partial charge in [0.25, 0.3) is 0 Å². The van der Waals surface area contributed by atoms with Crippen LogP contribution in [-0.4, -0.2) is 10.7 Å². The molecule has 0 bridgehead atoms. The predicted molar refractivity (Wildman–Crippen MR) is 55.2 cm³/mol. The van der Waals surface area contributed by atoms with Crippen molar-refractivity contribution in [2.24, 2.45) is 5.92 Å². The Morgan fingerprint density at radius 2 is 2.23 bits per heavy atom. The van der Waals surface area contributed by atoms with E-state index in [0.29, 0.717) is 5.92 Å². The van der Waals surface area contributed by atoms with E-state index in [1.54, 1.807) is 13.8 Å². The van der Waals surface area contributed by atoms with E-state index in [1.807, 2.05) is 0 Å². The van der Waals surface area contributed by atoms with Gasteiger partial charge in [-0.3, -0.25) is 0 Å². The molecule has 1 rings (SSSR count). The van der Waals surface area contributed by atoms with Crippen LogP contribution in [0.15, 0.2) is 11.6 Å². The molecular formula is C12H18O. The summed E-state index contributed by atoms with van der Waals surface area (Å²) in [6, 6.07) is 0. The summed E-state index contributed by atoms with van der Waals surface area (Å²) >= 11 is 0. The standard InChI is InChI=1S/C12H18O/c1-10-6-4-5-7-11(10)8-9-12(2,3)13/h6,11,13H,4-5,7H2,1-3H3/t11-/m1/s1. The van der Waals surface area contributed by atoms with Crippen molar-refractivity contribution < 1.29 is 5.11 Å². The number of hydrogen-bond donors (Lipinski definition) is 1. The number of rotatable bonds is 0. The first-order valence-corrected chi connectivity index (χ1v) is 4.91. The Hall–Kier alpha value is -0.740. The molecule has 1 nitrogen and oxygen atoms in total. The molecule has 1 N–H and O–H groups in total. The van der Waals surface area contributed by atoms with Gasteiger partial charge in [-0.2, -0.15) is 0 Å². The molecule has 0 heterocycles. The SMILES string of the molecule is CC1=CCCC[C@@H]1C#CC(C)(C)O. The summed E-state index contributed by atoms with van der Waals surface area (Å²) in [6.45, 7) is 5.58. The van der Waals surface area contributed by atoms with Crippen LogP contribution in [0, 0.1) is 17.8 Å². The van der Waals surface area contributed by atoms with Gasteiger partial charge >= 0.3 is 0 Å². The van der Waals surface area contributed by atoms with Crippen molar-refractivity contribution in [1.29, 1.82) is 0 Å². The summed E-state index contributed by atoms with van der Waals surface area (Å²) in [4.78, 5) is 0. The maximum absolute atomic E-state index is 9.44. The molecule has 0 aliphatic heterocycles. The number of aliphatic hydroxyl groups is 1. The number of hydrogen-bond acceptors (Lipinski definition) is 1. The van der Waals surface area contributed by atoms with Crippen molar-refractivity contribution in [3.8, 4) is 11.8 Å². The second kappa shape index (κ2) is 3.98. The quantitative estimate of drug-likeness (QED) is 0.446. The average Bonchev–Trinajstić information content (AvgIpc) is 2.01. The van der Waals surface area contributed by atoms with Crippen LogP contribution in [0.4, 0.5) is 0 Å². The first-order chi connectivity index (χ1) is 5.99. The monoisotopic (exact) mass is 178 g/mol. The Morgan fingerprint density at radius 3 is 2.77 bits per heavy atom. The highest BCUT2D eigenvalue weighted by Gasteiger charge is 2.13. The van der Waals surface area contributed by atoms with Gasteiger partial charge in [-0.1, -0.05) is 23.5 Å². The smallest absolute Gasteiger partial charge is 0.119 e. The van der Waals surface area contributed by atoms with E-state index in [4.69, 9.17) is 0 Å². The van der Waals surface area contributed by atoms with E-state index >= 15 is 0 Å². The molecule has 0 aromatic rings. The summed E-state index contributed by atoms with van der Waals surface area (Å²) < 4.78 is 0. The Kier molecular flexibility index (Phi) is 3.17. The Bertz CT molecular complexity index is 257. The second-order valence-corrected chi connectivity index (χ2v) is 4.26. The first kappa shape index (κ1) is 10.3. The van der Waals surface area contributed by atoms with Crippen molar-refractivity contribution in [3.63, 3.8) is 0 Å². The molecule has 72 valence electrons. The lowest BCUT2D eigenvalue weighted by molar-refractivity contribution is 0.143. The normalized spacial score (nSPS) is 23.1. The van der Waals surface area contributed by atoms with E-state index < -0.39 is 5.60 Å². The summed E-state index contributed by atoms with van der Waals surface area (Å²) in [5.74, 6) is 6.40. The maximum atomic E-state index is 9.44. The lowest BCUT2D eigenvalue weighted by Crippen LogP contribution is -2.15. The minimum absolute atomic E-state index is 0.375. The molecule has 0 saturated heterocycles. The molecule has 13 heavy (non-hydrogen) atoms. The summed E-state index contributed by atoms with van der Waals surface area (Å²) in [5, 5.41) is 9.44. The Balaban J connectivity index is 2.66. The third kappa shape index (κ3) is 3.65. The Morgan fingerprint density at radius 1 is 1.54 bits per heavy atom. The van der Waals surface area contributed by atoms with Crippen molar-refractivity contribution in [2.45, 2.75) is 45.6 Å². The van der Waals surface area contributed by atoms with E-state index in [-0.39, 0.29) is 0 Å². The summed E-state index contributed by atoms with van der Waals surface area (Å²) in [5.41, 5.74) is 0.514. The van der Waals surface area contributed by atoms with E-state index in [9.17, 15) is 5.11 Å². The fourth-order valence-electron chi connectivity index (χ4n) is 1.47. The number of allylic oxidation sites excluding steroid dienone is 2. The van der Waals surface area contributed by atoms with Crippen molar-refractivity contribution >= 4 is 0 Å². The van der Waals surface area contributed by atoms with Crippen LogP contribution in [-0.2, 0) is 0 Å². The van der Waals surface area contributed by atoms with Crippen LogP contribution in [0.25, 0.3) is 0 Å². The van der Waals surface area contributed by atoms with Crippen LogP contribution in [0.5, 0.6) is 0 Å². The summed E-state index contributed by atoms with van der Waals surface area (Å²) in [7, 11) is 0. The molecular weight excluding hydrogens is 160 g/mol. The van der Waals surface area contributed by atoms with Gasteiger partial charge in [-0.05, 0) is 40.0 Å². The van der Waals surface area contributed by atoms with Crippen LogP contribution >= 0.6 is 0 Å². The van der Waals surface area contributed by atoms with Crippen LogP contribution in [0.1, 0.15) is 40.0 Å². The van der Waals surface area contributed by atoms with E-state index in [2.05, 4.69) is 24.8 Å². The molecule has 0 fully saturated rings. The second-order valence-electron chi connectivity index (χ2n) is 4.26. The first-order valence-electron chi connectivity index (χ1n) is 4.91. The highest BCUT2D eigenvalue weighted by Crippen LogP contribution is 2.23. The highest BCUT2D eigenvalue weighted by molar-refractivity contribution is 5.22. The van der Waals surface area contributed by atoms with Gasteiger partial charge in [-0.15, -0.1) is 0 Å². The fraction of sp³-hybridized carbons (Fsp3) is 0.667. The fourth-order valence-corrected chi connectivity index (χ4v) is 1.47. The molecule has 1 heteroatoms. The average molecular weight is 178 g/mol. The molecule has 0 aromatic heterocycles.